The molecule has 94 valence electrons. The monoisotopic (exact) mass is 238 g/mol. The zero-order valence-electron chi connectivity index (χ0n) is 9.85. The summed E-state index contributed by atoms with van der Waals surface area (Å²) in [5.41, 5.74) is 0. The molecule has 0 aromatic carbocycles. The fourth-order valence-corrected chi connectivity index (χ4v) is 2.94. The highest BCUT2D eigenvalue weighted by Crippen LogP contribution is 2.27. The van der Waals surface area contributed by atoms with E-state index in [1.807, 2.05) is 4.90 Å². The molecule has 0 spiro atoms. The van der Waals surface area contributed by atoms with Crippen LogP contribution >= 0.6 is 0 Å². The van der Waals surface area contributed by atoms with Gasteiger partial charge in [0.15, 0.2) is 0 Å². The fourth-order valence-electron chi connectivity index (χ4n) is 2.94. The van der Waals surface area contributed by atoms with E-state index in [0.29, 0.717) is 30.9 Å². The lowest BCUT2D eigenvalue weighted by Gasteiger charge is -2.37. The molecule has 1 N–H and O–H groups in total. The molecule has 2 fully saturated rings. The molecule has 0 saturated carbocycles. The molecular weight excluding hydrogens is 220 g/mol. The normalized spacial score (nSPS) is 32.2. The van der Waals surface area contributed by atoms with Crippen LogP contribution in [0.2, 0.25) is 0 Å². The van der Waals surface area contributed by atoms with Crippen LogP contribution in [0.3, 0.4) is 0 Å². The summed E-state index contributed by atoms with van der Waals surface area (Å²) in [7, 11) is 0. The van der Waals surface area contributed by atoms with Crippen molar-refractivity contribution in [2.75, 3.05) is 32.8 Å². The summed E-state index contributed by atoms with van der Waals surface area (Å²) >= 11 is 0. The molecule has 2 saturated heterocycles. The first-order valence-corrected chi connectivity index (χ1v) is 6.32. The van der Waals surface area contributed by atoms with Crippen LogP contribution in [-0.2, 0) is 14.3 Å². The van der Waals surface area contributed by atoms with Crippen molar-refractivity contribution in [3.63, 3.8) is 0 Å². The minimum Gasteiger partial charge on any atom is -0.494 e. The Labute approximate surface area is 101 Å². The average molecular weight is 238 g/mol. The lowest BCUT2D eigenvalue weighted by Crippen LogP contribution is -2.49. The van der Waals surface area contributed by atoms with Gasteiger partial charge in [-0.2, -0.15) is 0 Å². The number of nitrogens with one attached hydrogen (secondary N) is 1. The number of ether oxygens (including phenoxy) is 2. The van der Waals surface area contributed by atoms with E-state index in [1.54, 1.807) is 0 Å². The smallest absolute Gasteiger partial charge is 0.292 e. The lowest BCUT2D eigenvalue weighted by atomic mass is 9.92. The molecule has 3 aliphatic rings. The first-order valence-electron chi connectivity index (χ1n) is 6.32. The second-order valence-corrected chi connectivity index (χ2v) is 4.83. The van der Waals surface area contributed by atoms with Crippen molar-refractivity contribution < 1.29 is 14.3 Å². The van der Waals surface area contributed by atoms with Gasteiger partial charge in [-0.05, 0) is 18.8 Å². The molecule has 3 aliphatic heterocycles. The number of rotatable bonds is 1. The van der Waals surface area contributed by atoms with E-state index < -0.39 is 0 Å². The van der Waals surface area contributed by atoms with Gasteiger partial charge in [0.2, 0.25) is 5.76 Å². The van der Waals surface area contributed by atoms with E-state index in [4.69, 9.17) is 9.47 Å². The molecule has 0 radical (unpaired) electrons. The van der Waals surface area contributed by atoms with Gasteiger partial charge in [0, 0.05) is 25.7 Å². The summed E-state index contributed by atoms with van der Waals surface area (Å²) in [5, 5.41) is 3.37. The van der Waals surface area contributed by atoms with Crippen LogP contribution in [-0.4, -0.2) is 49.7 Å². The van der Waals surface area contributed by atoms with Gasteiger partial charge in [0.1, 0.15) is 19.5 Å². The Hall–Kier alpha value is -1.23. The van der Waals surface area contributed by atoms with Crippen molar-refractivity contribution in [3.05, 3.63) is 12.0 Å². The van der Waals surface area contributed by atoms with E-state index in [1.165, 1.54) is 12.7 Å². The molecule has 3 heterocycles. The third kappa shape index (κ3) is 1.99. The summed E-state index contributed by atoms with van der Waals surface area (Å²) in [6.07, 6.45) is 3.76. The number of hydrogen-bond donors (Lipinski definition) is 1. The van der Waals surface area contributed by atoms with Gasteiger partial charge in [-0.1, -0.05) is 0 Å². The molecule has 17 heavy (non-hydrogen) atoms. The summed E-state index contributed by atoms with van der Waals surface area (Å²) < 4.78 is 10.5. The molecule has 1 amide bonds. The Morgan fingerprint density at radius 1 is 1.41 bits per heavy atom. The van der Waals surface area contributed by atoms with Gasteiger partial charge in [-0.3, -0.25) is 4.79 Å². The Kier molecular flexibility index (Phi) is 2.93. The highest BCUT2D eigenvalue weighted by atomic mass is 16.6. The summed E-state index contributed by atoms with van der Waals surface area (Å²) in [6.45, 7) is 3.78. The van der Waals surface area contributed by atoms with Crippen molar-refractivity contribution in [3.8, 4) is 0 Å². The number of piperidine rings is 1. The van der Waals surface area contributed by atoms with Gasteiger partial charge in [0.05, 0.1) is 0 Å². The zero-order valence-corrected chi connectivity index (χ0v) is 9.85. The van der Waals surface area contributed by atoms with Gasteiger partial charge < -0.3 is 19.7 Å². The number of likely N-dealkylation sites (tertiary alicyclic amines) is 1. The van der Waals surface area contributed by atoms with Gasteiger partial charge >= 0.3 is 0 Å². The van der Waals surface area contributed by atoms with Crippen LogP contribution in [0.4, 0.5) is 0 Å². The first kappa shape index (κ1) is 10.9. The average Bonchev–Trinajstić information content (AvgIpc) is 2.87. The standard InChI is InChI=1S/C12H18N2O3/c15-12(11-8-16-4-5-17-11)14-3-1-2-9-6-13-7-10(9)14/h8-10,13H,1-7H2. The van der Waals surface area contributed by atoms with Crippen molar-refractivity contribution in [2.24, 2.45) is 5.92 Å². The van der Waals surface area contributed by atoms with E-state index >= 15 is 0 Å². The van der Waals surface area contributed by atoms with Crippen LogP contribution in [0, 0.1) is 5.92 Å². The van der Waals surface area contributed by atoms with Gasteiger partial charge in [0.25, 0.3) is 5.91 Å². The van der Waals surface area contributed by atoms with Crippen molar-refractivity contribution in [1.82, 2.24) is 10.2 Å². The predicted molar refractivity (Wildman–Crippen MR) is 61.1 cm³/mol. The fraction of sp³-hybridized carbons (Fsp3) is 0.750. The van der Waals surface area contributed by atoms with Crippen LogP contribution in [0.5, 0.6) is 0 Å². The number of fused-ring (bicyclic) bond motifs is 1. The highest BCUT2D eigenvalue weighted by Gasteiger charge is 2.38. The zero-order chi connectivity index (χ0) is 11.7. The maximum Gasteiger partial charge on any atom is 0.292 e. The number of amides is 1. The Morgan fingerprint density at radius 2 is 2.35 bits per heavy atom. The lowest BCUT2D eigenvalue weighted by molar-refractivity contribution is -0.136. The Bertz CT molecular complexity index is 343. The summed E-state index contributed by atoms with van der Waals surface area (Å²) in [6, 6.07) is 0.336. The number of carbonyl (C=O) groups is 1. The number of carbonyl (C=O) groups excluding carboxylic acids is 1. The first-order chi connectivity index (χ1) is 8.36. The molecule has 0 aromatic heterocycles. The second-order valence-electron chi connectivity index (χ2n) is 4.83. The third-order valence-electron chi connectivity index (χ3n) is 3.80. The van der Waals surface area contributed by atoms with E-state index in [9.17, 15) is 4.79 Å². The minimum absolute atomic E-state index is 0.0110. The maximum absolute atomic E-state index is 12.3. The SMILES string of the molecule is O=C(C1=COCCO1)N1CCCC2CNCC21. The number of nitrogens with zero attached hydrogens (tertiary/aromatic N) is 1. The molecular formula is C12H18N2O3. The van der Waals surface area contributed by atoms with Crippen LogP contribution < -0.4 is 5.32 Å². The van der Waals surface area contributed by atoms with Crippen molar-refractivity contribution >= 4 is 5.91 Å². The molecule has 5 nitrogen and oxygen atoms in total. The van der Waals surface area contributed by atoms with Crippen LogP contribution in [0.15, 0.2) is 12.0 Å². The van der Waals surface area contributed by atoms with E-state index in [0.717, 1.165) is 26.1 Å². The second kappa shape index (κ2) is 4.56. The molecule has 5 heteroatoms. The van der Waals surface area contributed by atoms with E-state index in [2.05, 4.69) is 5.32 Å². The van der Waals surface area contributed by atoms with Crippen molar-refractivity contribution in [1.29, 1.82) is 0 Å². The summed E-state index contributed by atoms with van der Waals surface area (Å²) in [4.78, 5) is 14.3. The molecule has 0 bridgehead atoms. The minimum atomic E-state index is -0.0110. The molecule has 3 rings (SSSR count). The predicted octanol–water partition coefficient (Wildman–Crippen LogP) is 0.0850. The largest absolute Gasteiger partial charge is 0.494 e. The third-order valence-corrected chi connectivity index (χ3v) is 3.80. The molecule has 2 atom stereocenters. The van der Waals surface area contributed by atoms with Gasteiger partial charge in [-0.25, -0.2) is 0 Å². The maximum atomic E-state index is 12.3. The molecule has 0 aliphatic carbocycles. The highest BCUT2D eigenvalue weighted by molar-refractivity contribution is 5.91. The quantitative estimate of drug-likeness (QED) is 0.703. The Balaban J connectivity index is 1.73. The molecule has 2 unspecified atom stereocenters. The van der Waals surface area contributed by atoms with Crippen LogP contribution in [0.25, 0.3) is 0 Å². The van der Waals surface area contributed by atoms with E-state index in [-0.39, 0.29) is 5.91 Å². The van der Waals surface area contributed by atoms with Crippen molar-refractivity contribution in [2.45, 2.75) is 18.9 Å². The molecule has 0 aromatic rings. The van der Waals surface area contributed by atoms with Crippen LogP contribution in [0.1, 0.15) is 12.8 Å². The topological polar surface area (TPSA) is 50.8 Å². The Morgan fingerprint density at radius 3 is 3.18 bits per heavy atom. The van der Waals surface area contributed by atoms with Gasteiger partial charge in [-0.15, -0.1) is 0 Å². The number of hydrogen-bond acceptors (Lipinski definition) is 4. The summed E-state index contributed by atoms with van der Waals surface area (Å²) in [5.74, 6) is 0.963.